The van der Waals surface area contributed by atoms with E-state index in [0.29, 0.717) is 0 Å². The van der Waals surface area contributed by atoms with Crippen molar-refractivity contribution < 1.29 is 4.74 Å². The molecular formula is C6H15BNO-. The molecule has 0 fully saturated rings. The molecule has 1 N–H and O–H groups in total. The molecule has 3 heteroatoms. The summed E-state index contributed by atoms with van der Waals surface area (Å²) < 4.78 is 4.87. The van der Waals surface area contributed by atoms with Crippen molar-refractivity contribution in [3.05, 3.63) is 0 Å². The minimum Gasteiger partial charge on any atom is -0.555 e. The van der Waals surface area contributed by atoms with Gasteiger partial charge in [0.15, 0.2) is 0 Å². The molecule has 0 aromatic carbocycles. The largest absolute Gasteiger partial charge is 0.555 e. The Morgan fingerprint density at radius 3 is 2.89 bits per heavy atom. The maximum Gasteiger partial charge on any atom is 0.0473 e. The van der Waals surface area contributed by atoms with Gasteiger partial charge in [-0.15, -0.1) is 6.92 Å². The molecule has 0 heterocycles. The van der Waals surface area contributed by atoms with E-state index in [1.165, 1.54) is 0 Å². The van der Waals surface area contributed by atoms with E-state index in [-0.39, 0.29) is 0 Å². The van der Waals surface area contributed by atoms with Gasteiger partial charge in [-0.1, -0.05) is 0 Å². The Balaban J connectivity index is 2.60. The van der Waals surface area contributed by atoms with Gasteiger partial charge in [0.05, 0.1) is 0 Å². The molecule has 0 bridgehead atoms. The molecule has 0 aliphatic heterocycles. The van der Waals surface area contributed by atoms with Crippen LogP contribution >= 0.6 is 0 Å². The van der Waals surface area contributed by atoms with Crippen LogP contribution in [0.25, 0.3) is 0 Å². The first-order chi connectivity index (χ1) is 4.41. The highest BCUT2D eigenvalue weighted by atomic mass is 16.5. The maximum absolute atomic E-state index is 4.87. The monoisotopic (exact) mass is 128 g/mol. The molecule has 0 saturated heterocycles. The van der Waals surface area contributed by atoms with E-state index >= 15 is 0 Å². The van der Waals surface area contributed by atoms with Gasteiger partial charge < -0.3 is 9.96 Å². The molecule has 2 radical (unpaired) electrons. The van der Waals surface area contributed by atoms with Crippen molar-refractivity contribution in [1.82, 2.24) is 5.23 Å². The second kappa shape index (κ2) is 7.98. The van der Waals surface area contributed by atoms with Gasteiger partial charge >= 0.3 is 0 Å². The summed E-state index contributed by atoms with van der Waals surface area (Å²) in [5.41, 5.74) is 0. The average molecular weight is 128 g/mol. The highest BCUT2D eigenvalue weighted by Crippen LogP contribution is 1.76. The zero-order chi connectivity index (χ0) is 6.95. The number of hydrogen-bond acceptors (Lipinski definition) is 2. The molecule has 9 heavy (non-hydrogen) atoms. The summed E-state index contributed by atoms with van der Waals surface area (Å²) in [5.74, 6) is 0. The first-order valence-electron chi connectivity index (χ1n) is 3.45. The van der Waals surface area contributed by atoms with E-state index in [1.807, 2.05) is 0 Å². The third kappa shape index (κ3) is 7.98. The van der Waals surface area contributed by atoms with Crippen LogP contribution in [0, 0.1) is 0 Å². The summed E-state index contributed by atoms with van der Waals surface area (Å²) in [6.07, 6.45) is 2.18. The van der Waals surface area contributed by atoms with Crippen LogP contribution in [-0.4, -0.2) is 27.7 Å². The zero-order valence-electron chi connectivity index (χ0n) is 6.31. The topological polar surface area (TPSA) is 21.3 Å². The normalized spacial score (nSPS) is 10.0. The van der Waals surface area contributed by atoms with Crippen LogP contribution in [0.5, 0.6) is 0 Å². The van der Waals surface area contributed by atoms with Crippen LogP contribution < -0.4 is 5.23 Å². The summed E-state index contributed by atoms with van der Waals surface area (Å²) in [6, 6.07) is 0. The van der Waals surface area contributed by atoms with Crippen molar-refractivity contribution >= 4 is 7.41 Å². The predicted octanol–water partition coefficient (Wildman–Crippen LogP) is 0.670. The molecule has 0 amide bonds. The SMILES string of the molecule is CC[B-]NCCCOC. The van der Waals surface area contributed by atoms with Crippen molar-refractivity contribution in [2.75, 3.05) is 20.3 Å². The zero-order valence-corrected chi connectivity index (χ0v) is 6.31. The van der Waals surface area contributed by atoms with E-state index in [9.17, 15) is 0 Å². The van der Waals surface area contributed by atoms with Gasteiger partial charge in [0.1, 0.15) is 0 Å². The first kappa shape index (κ1) is 8.98. The minimum absolute atomic E-state index is 0.852. The van der Waals surface area contributed by atoms with Crippen molar-refractivity contribution in [3.8, 4) is 0 Å². The van der Waals surface area contributed by atoms with Gasteiger partial charge in [-0.25, -0.2) is 13.7 Å². The summed E-state index contributed by atoms with van der Waals surface area (Å²) in [6.45, 7) is 4.00. The number of hydrogen-bond donors (Lipinski definition) is 1. The van der Waals surface area contributed by atoms with Gasteiger partial charge in [-0.3, -0.25) is 0 Å². The van der Waals surface area contributed by atoms with E-state index < -0.39 is 0 Å². The standard InChI is InChI=1S/C6H15BNO/c1-3-7-8-5-4-6-9-2/h8H,3-6H2,1-2H3/q-1. The lowest BCUT2D eigenvalue weighted by Gasteiger charge is -2.13. The first-order valence-corrected chi connectivity index (χ1v) is 3.45. The van der Waals surface area contributed by atoms with Gasteiger partial charge in [0.25, 0.3) is 0 Å². The fourth-order valence-electron chi connectivity index (χ4n) is 0.565. The molecule has 0 spiro atoms. The molecule has 2 nitrogen and oxygen atoms in total. The smallest absolute Gasteiger partial charge is 0.0473 e. The Labute approximate surface area is 58.2 Å². The van der Waals surface area contributed by atoms with Crippen LogP contribution in [0.2, 0.25) is 6.32 Å². The molecule has 0 unspecified atom stereocenters. The number of methoxy groups -OCH3 is 1. The van der Waals surface area contributed by atoms with Crippen LogP contribution in [0.1, 0.15) is 13.3 Å². The van der Waals surface area contributed by atoms with Crippen molar-refractivity contribution in [3.63, 3.8) is 0 Å². The predicted molar refractivity (Wildman–Crippen MR) is 40.7 cm³/mol. The van der Waals surface area contributed by atoms with Gasteiger partial charge in [-0.05, 0) is 13.0 Å². The van der Waals surface area contributed by atoms with Crippen LogP contribution in [0.15, 0.2) is 0 Å². The van der Waals surface area contributed by atoms with Crippen LogP contribution in [0.4, 0.5) is 0 Å². The van der Waals surface area contributed by atoms with Crippen LogP contribution in [-0.2, 0) is 4.74 Å². The molecule has 0 atom stereocenters. The fraction of sp³-hybridized carbons (Fsp3) is 1.00. The molecule has 0 saturated carbocycles. The lowest BCUT2D eigenvalue weighted by atomic mass is 9.91. The van der Waals surface area contributed by atoms with Crippen molar-refractivity contribution in [2.24, 2.45) is 0 Å². The van der Waals surface area contributed by atoms with E-state index in [4.69, 9.17) is 4.74 Å². The summed E-state index contributed by atoms with van der Waals surface area (Å²) >= 11 is 0. The highest BCUT2D eigenvalue weighted by Gasteiger charge is 1.77. The molecule has 54 valence electrons. The Kier molecular flexibility index (Phi) is 7.97. The van der Waals surface area contributed by atoms with Crippen molar-refractivity contribution in [2.45, 2.75) is 19.7 Å². The Morgan fingerprint density at radius 2 is 2.33 bits per heavy atom. The van der Waals surface area contributed by atoms with Gasteiger partial charge in [-0.2, -0.15) is 0 Å². The third-order valence-corrected chi connectivity index (χ3v) is 1.02. The average Bonchev–Trinajstić information content (AvgIpc) is 1.89. The number of ether oxygens (including phenoxy) is 1. The third-order valence-electron chi connectivity index (χ3n) is 1.02. The second-order valence-electron chi connectivity index (χ2n) is 1.91. The Bertz CT molecular complexity index is 46.3. The van der Waals surface area contributed by atoms with E-state index in [0.717, 1.165) is 25.9 Å². The lowest BCUT2D eigenvalue weighted by molar-refractivity contribution is 0.196. The molecule has 0 rings (SSSR count). The number of nitrogens with one attached hydrogen (secondary N) is 1. The summed E-state index contributed by atoms with van der Waals surface area (Å²) in [5, 5.41) is 3.16. The summed E-state index contributed by atoms with van der Waals surface area (Å²) in [4.78, 5) is 0. The fourth-order valence-corrected chi connectivity index (χ4v) is 0.565. The van der Waals surface area contributed by atoms with Gasteiger partial charge in [0.2, 0.25) is 0 Å². The quantitative estimate of drug-likeness (QED) is 0.419. The second-order valence-corrected chi connectivity index (χ2v) is 1.91. The van der Waals surface area contributed by atoms with Crippen LogP contribution in [0.3, 0.4) is 0 Å². The Morgan fingerprint density at radius 1 is 1.56 bits per heavy atom. The van der Waals surface area contributed by atoms with Gasteiger partial charge in [0, 0.05) is 13.7 Å². The lowest BCUT2D eigenvalue weighted by Crippen LogP contribution is -2.20. The van der Waals surface area contributed by atoms with E-state index in [2.05, 4.69) is 19.6 Å². The molecule has 0 aromatic heterocycles. The summed E-state index contributed by atoms with van der Waals surface area (Å²) in [7, 11) is 3.79. The molecule has 0 aliphatic carbocycles. The van der Waals surface area contributed by atoms with Crippen molar-refractivity contribution in [1.29, 1.82) is 0 Å². The number of rotatable bonds is 6. The van der Waals surface area contributed by atoms with E-state index in [1.54, 1.807) is 7.11 Å². The molecule has 0 aliphatic rings. The molecular weight excluding hydrogens is 113 g/mol. The Hall–Kier alpha value is -0.0151. The minimum atomic E-state index is 0.852. The molecule has 0 aromatic rings. The maximum atomic E-state index is 4.87. The highest BCUT2D eigenvalue weighted by molar-refractivity contribution is 6.31.